The highest BCUT2D eigenvalue weighted by Crippen LogP contribution is 2.33. The Hall–Kier alpha value is -3.23. The van der Waals surface area contributed by atoms with E-state index in [1.807, 2.05) is 25.1 Å². The number of nitrogens with two attached hydrogens (primary N) is 1. The van der Waals surface area contributed by atoms with Gasteiger partial charge in [0.05, 0.1) is 36.8 Å². The molecule has 3 N–H and O–H groups in total. The Morgan fingerprint density at radius 3 is 2.82 bits per heavy atom. The van der Waals surface area contributed by atoms with Crippen LogP contribution in [0.2, 0.25) is 0 Å². The first-order valence-electron chi connectivity index (χ1n) is 10.7. The summed E-state index contributed by atoms with van der Waals surface area (Å²) in [4.78, 5) is 28.2. The first-order chi connectivity index (χ1) is 15.5. The molecule has 1 unspecified atom stereocenters. The lowest BCUT2D eigenvalue weighted by molar-refractivity contribution is 0.0945. The van der Waals surface area contributed by atoms with Crippen molar-refractivity contribution in [3.63, 3.8) is 0 Å². The number of pyridine rings is 1. The third-order valence-electron chi connectivity index (χ3n) is 5.48. The number of aromatic amines is 1. The molecule has 1 atom stereocenters. The van der Waals surface area contributed by atoms with E-state index >= 15 is 0 Å². The van der Waals surface area contributed by atoms with Gasteiger partial charge in [-0.25, -0.2) is 9.97 Å². The highest BCUT2D eigenvalue weighted by Gasteiger charge is 2.15. The van der Waals surface area contributed by atoms with E-state index in [0.717, 1.165) is 65.1 Å². The van der Waals surface area contributed by atoms with E-state index in [1.54, 1.807) is 13.3 Å². The number of unbranched alkanes of at least 4 members (excludes halogenated alkanes) is 2. The van der Waals surface area contributed by atoms with Gasteiger partial charge in [-0.15, -0.1) is 12.4 Å². The fourth-order valence-corrected chi connectivity index (χ4v) is 3.73. The molecule has 0 fully saturated rings. The first kappa shape index (κ1) is 24.4. The van der Waals surface area contributed by atoms with Crippen LogP contribution in [0, 0.1) is 6.92 Å². The number of carbonyl (C=O) groups excluding carboxylic acids is 1. The SMILES string of the molecule is COc1cc2nc(C)ccc2cc1-c1cnc(C(N)CCCCCC(=O)c2ncco2)[nH]1.Cl. The molecule has 174 valence electrons. The molecule has 0 bridgehead atoms. The number of benzene rings is 1. The summed E-state index contributed by atoms with van der Waals surface area (Å²) in [7, 11) is 1.65. The van der Waals surface area contributed by atoms with Crippen LogP contribution < -0.4 is 10.5 Å². The van der Waals surface area contributed by atoms with E-state index in [4.69, 9.17) is 14.9 Å². The molecule has 0 spiro atoms. The number of rotatable bonds is 10. The number of ketones is 1. The summed E-state index contributed by atoms with van der Waals surface area (Å²) in [5.41, 5.74) is 9.98. The summed E-state index contributed by atoms with van der Waals surface area (Å²) in [6, 6.07) is 7.83. The number of carbonyl (C=O) groups is 1. The number of methoxy groups -OCH3 is 1. The lowest BCUT2D eigenvalue weighted by Crippen LogP contribution is -2.12. The number of ether oxygens (including phenoxy) is 1. The Kier molecular flexibility index (Phi) is 8.19. The largest absolute Gasteiger partial charge is 0.496 e. The maximum Gasteiger partial charge on any atom is 0.263 e. The number of nitrogens with zero attached hydrogens (tertiary/aromatic N) is 3. The quantitative estimate of drug-likeness (QED) is 0.242. The van der Waals surface area contributed by atoms with Crippen LogP contribution in [0.3, 0.4) is 0 Å². The average molecular weight is 470 g/mol. The molecule has 0 saturated heterocycles. The van der Waals surface area contributed by atoms with Gasteiger partial charge in [-0.2, -0.15) is 0 Å². The standard InChI is InChI=1S/C24H27N5O3.ClH/c1-15-8-9-16-12-17(22(31-2)13-19(16)28-15)20-14-27-23(29-20)18(25)6-4-3-5-7-21(30)24-26-10-11-32-24;/h8-14,18H,3-7,25H2,1-2H3,(H,27,29);1H. The van der Waals surface area contributed by atoms with Crippen LogP contribution in [-0.2, 0) is 0 Å². The fraction of sp³-hybridized carbons (Fsp3) is 0.333. The molecule has 0 aliphatic carbocycles. The summed E-state index contributed by atoms with van der Waals surface area (Å²) in [6.07, 6.45) is 8.47. The predicted octanol–water partition coefficient (Wildman–Crippen LogP) is 5.18. The number of nitrogens with one attached hydrogen (secondary N) is 1. The Morgan fingerprint density at radius 2 is 2.06 bits per heavy atom. The fourth-order valence-electron chi connectivity index (χ4n) is 3.73. The normalized spacial score (nSPS) is 11.8. The average Bonchev–Trinajstić information content (AvgIpc) is 3.50. The van der Waals surface area contributed by atoms with Crippen molar-refractivity contribution in [2.75, 3.05) is 7.11 Å². The molecule has 9 heteroatoms. The molecule has 33 heavy (non-hydrogen) atoms. The lowest BCUT2D eigenvalue weighted by atomic mass is 10.1. The zero-order valence-corrected chi connectivity index (χ0v) is 19.5. The molecule has 3 heterocycles. The second kappa shape index (κ2) is 11.1. The summed E-state index contributed by atoms with van der Waals surface area (Å²) >= 11 is 0. The number of imidazole rings is 1. The van der Waals surface area contributed by atoms with Crippen molar-refractivity contribution < 1.29 is 13.9 Å². The zero-order chi connectivity index (χ0) is 22.5. The number of aromatic nitrogens is 4. The van der Waals surface area contributed by atoms with E-state index in [9.17, 15) is 4.79 Å². The van der Waals surface area contributed by atoms with Gasteiger partial charge in [-0.1, -0.05) is 18.9 Å². The van der Waals surface area contributed by atoms with E-state index in [0.29, 0.717) is 6.42 Å². The van der Waals surface area contributed by atoms with Gasteiger partial charge in [0.2, 0.25) is 5.78 Å². The molecule has 4 aromatic rings. The molecular formula is C24H28ClN5O3. The Balaban J connectivity index is 0.00000306. The number of hydrogen-bond donors (Lipinski definition) is 2. The molecule has 0 aliphatic heterocycles. The Bertz CT molecular complexity index is 1210. The minimum absolute atomic E-state index is 0. The van der Waals surface area contributed by atoms with Gasteiger partial charge in [-0.05, 0) is 31.9 Å². The van der Waals surface area contributed by atoms with Gasteiger partial charge in [0.1, 0.15) is 17.8 Å². The van der Waals surface area contributed by atoms with Crippen molar-refractivity contribution in [3.05, 3.63) is 60.3 Å². The van der Waals surface area contributed by atoms with E-state index in [2.05, 4.69) is 26.0 Å². The van der Waals surface area contributed by atoms with Crippen LogP contribution in [0.15, 0.2) is 47.3 Å². The van der Waals surface area contributed by atoms with Gasteiger partial charge < -0.3 is 19.9 Å². The summed E-state index contributed by atoms with van der Waals surface area (Å²) < 4.78 is 10.6. The second-order valence-electron chi connectivity index (χ2n) is 7.85. The van der Waals surface area contributed by atoms with Crippen LogP contribution >= 0.6 is 12.4 Å². The third-order valence-corrected chi connectivity index (χ3v) is 5.48. The second-order valence-corrected chi connectivity index (χ2v) is 7.85. The van der Waals surface area contributed by atoms with E-state index in [-0.39, 0.29) is 30.1 Å². The van der Waals surface area contributed by atoms with Crippen molar-refractivity contribution in [1.29, 1.82) is 0 Å². The minimum Gasteiger partial charge on any atom is -0.496 e. The molecule has 0 radical (unpaired) electrons. The third kappa shape index (κ3) is 5.77. The summed E-state index contributed by atoms with van der Waals surface area (Å²) in [5.74, 6) is 1.58. The number of hydrogen-bond acceptors (Lipinski definition) is 7. The van der Waals surface area contributed by atoms with Crippen molar-refractivity contribution >= 4 is 29.1 Å². The minimum atomic E-state index is -0.207. The Morgan fingerprint density at radius 1 is 1.21 bits per heavy atom. The molecular weight excluding hydrogens is 442 g/mol. The zero-order valence-electron chi connectivity index (χ0n) is 18.7. The maximum absolute atomic E-state index is 11.9. The van der Waals surface area contributed by atoms with Crippen molar-refractivity contribution in [2.24, 2.45) is 5.73 Å². The van der Waals surface area contributed by atoms with E-state index in [1.165, 1.54) is 12.5 Å². The number of aryl methyl sites for hydroxylation is 1. The molecule has 8 nitrogen and oxygen atoms in total. The van der Waals surface area contributed by atoms with Crippen molar-refractivity contribution in [3.8, 4) is 17.0 Å². The number of Topliss-reactive ketones (excluding diaryl/α,β-unsaturated/α-hetero) is 1. The van der Waals surface area contributed by atoms with Gasteiger partial charge in [0.15, 0.2) is 0 Å². The number of halogens is 1. The summed E-state index contributed by atoms with van der Waals surface area (Å²) in [6.45, 7) is 1.97. The monoisotopic (exact) mass is 469 g/mol. The smallest absolute Gasteiger partial charge is 0.263 e. The van der Waals surface area contributed by atoms with Crippen LogP contribution in [0.5, 0.6) is 5.75 Å². The van der Waals surface area contributed by atoms with Gasteiger partial charge in [0.25, 0.3) is 5.89 Å². The first-order valence-corrected chi connectivity index (χ1v) is 10.7. The highest BCUT2D eigenvalue weighted by atomic mass is 35.5. The number of fused-ring (bicyclic) bond motifs is 1. The predicted molar refractivity (Wildman–Crippen MR) is 129 cm³/mol. The number of H-pyrrole nitrogens is 1. The number of oxazole rings is 1. The van der Waals surface area contributed by atoms with E-state index < -0.39 is 0 Å². The van der Waals surface area contributed by atoms with Crippen LogP contribution in [0.1, 0.15) is 60.3 Å². The molecule has 4 rings (SSSR count). The lowest BCUT2D eigenvalue weighted by Gasteiger charge is -2.10. The Labute approximate surface area is 198 Å². The topological polar surface area (TPSA) is 120 Å². The van der Waals surface area contributed by atoms with Crippen LogP contribution in [0.25, 0.3) is 22.2 Å². The summed E-state index contributed by atoms with van der Waals surface area (Å²) in [5, 5.41) is 1.03. The molecule has 1 aromatic carbocycles. The van der Waals surface area contributed by atoms with Crippen molar-refractivity contribution in [2.45, 2.75) is 45.1 Å². The molecule has 0 amide bonds. The van der Waals surface area contributed by atoms with Crippen molar-refractivity contribution in [1.82, 2.24) is 19.9 Å². The van der Waals surface area contributed by atoms with Crippen LogP contribution in [0.4, 0.5) is 0 Å². The van der Waals surface area contributed by atoms with Gasteiger partial charge >= 0.3 is 0 Å². The highest BCUT2D eigenvalue weighted by molar-refractivity contribution is 5.91. The maximum atomic E-state index is 11.9. The molecule has 3 aromatic heterocycles. The van der Waals surface area contributed by atoms with Crippen LogP contribution in [-0.4, -0.2) is 32.8 Å². The van der Waals surface area contributed by atoms with Gasteiger partial charge in [0, 0.05) is 29.1 Å². The van der Waals surface area contributed by atoms with Gasteiger partial charge in [-0.3, -0.25) is 9.78 Å². The molecule has 0 saturated carbocycles. The molecule has 0 aliphatic rings.